The monoisotopic (exact) mass is 400 g/mol. The van der Waals surface area contributed by atoms with Gasteiger partial charge in [0.2, 0.25) is 0 Å². The van der Waals surface area contributed by atoms with E-state index in [1.54, 1.807) is 44.5 Å². The minimum Gasteiger partial charge on any atom is -0.321 e. The lowest BCUT2D eigenvalue weighted by Crippen LogP contribution is -2.40. The van der Waals surface area contributed by atoms with Crippen molar-refractivity contribution in [3.05, 3.63) is 69.5 Å². The highest BCUT2D eigenvalue weighted by Crippen LogP contribution is 2.25. The number of aryl methyl sites for hydroxylation is 1. The fourth-order valence-corrected chi connectivity index (χ4v) is 2.92. The fraction of sp³-hybridized carbons (Fsp3) is 0.316. The average Bonchev–Trinajstić information content (AvgIpc) is 3.24. The van der Waals surface area contributed by atoms with Gasteiger partial charge in [-0.3, -0.25) is 24.3 Å². The van der Waals surface area contributed by atoms with Crippen LogP contribution in [0.2, 0.25) is 0 Å². The normalized spacial score (nSPS) is 11.5. The molecule has 1 N–H and O–H groups in total. The highest BCUT2D eigenvalue weighted by molar-refractivity contribution is 5.97. The highest BCUT2D eigenvalue weighted by Gasteiger charge is 2.33. The fourth-order valence-electron chi connectivity index (χ4n) is 2.92. The van der Waals surface area contributed by atoms with E-state index < -0.39 is 16.4 Å². The number of rotatable bonds is 6. The van der Waals surface area contributed by atoms with Gasteiger partial charge in [0, 0.05) is 0 Å². The van der Waals surface area contributed by atoms with E-state index in [4.69, 9.17) is 0 Å². The Bertz CT molecular complexity index is 1090. The molecule has 3 aromatic rings. The Kier molecular flexibility index (Phi) is 5.19. The van der Waals surface area contributed by atoms with E-state index in [1.165, 1.54) is 23.0 Å². The first-order chi connectivity index (χ1) is 13.6. The standard InChI is InChI=1S/C19H21FN6O3/c1-12-17(13(2)24(23-12)10-14-6-5-7-15(20)8-14)22-18(27)19(3,4)25-11-16(9-21-25)26(28)29/h5-9,11H,10H2,1-4H3,(H,22,27). The molecule has 0 radical (unpaired) electrons. The molecule has 0 bridgehead atoms. The second-order valence-electron chi connectivity index (χ2n) is 7.25. The number of aromatic nitrogens is 4. The van der Waals surface area contributed by atoms with Crippen molar-refractivity contribution < 1.29 is 14.1 Å². The summed E-state index contributed by atoms with van der Waals surface area (Å²) in [6, 6.07) is 6.23. The molecule has 0 saturated carbocycles. The summed E-state index contributed by atoms with van der Waals surface area (Å²) in [6.07, 6.45) is 2.31. The van der Waals surface area contributed by atoms with E-state index in [9.17, 15) is 19.3 Å². The molecule has 3 rings (SSSR count). The summed E-state index contributed by atoms with van der Waals surface area (Å²) in [5.41, 5.74) is 1.24. The number of carbonyl (C=O) groups excluding carboxylic acids is 1. The van der Waals surface area contributed by atoms with Crippen LogP contribution >= 0.6 is 0 Å². The topological polar surface area (TPSA) is 108 Å². The molecule has 0 saturated heterocycles. The molecule has 1 aromatic carbocycles. The Morgan fingerprint density at radius 1 is 1.34 bits per heavy atom. The van der Waals surface area contributed by atoms with Crippen LogP contribution in [0.3, 0.4) is 0 Å². The molecule has 0 aliphatic heterocycles. The Labute approximate surface area is 166 Å². The number of nitro groups is 1. The number of halogens is 1. The van der Waals surface area contributed by atoms with E-state index >= 15 is 0 Å². The van der Waals surface area contributed by atoms with E-state index in [0.717, 1.165) is 11.8 Å². The molecule has 0 unspecified atom stereocenters. The highest BCUT2D eigenvalue weighted by atomic mass is 19.1. The van der Waals surface area contributed by atoms with Crippen molar-refractivity contribution in [1.82, 2.24) is 19.6 Å². The minimum atomic E-state index is -1.17. The number of benzene rings is 1. The Morgan fingerprint density at radius 3 is 2.69 bits per heavy atom. The van der Waals surface area contributed by atoms with Crippen molar-refractivity contribution in [3.8, 4) is 0 Å². The number of anilines is 1. The Balaban J connectivity index is 1.82. The van der Waals surface area contributed by atoms with Crippen LogP contribution in [-0.2, 0) is 16.9 Å². The van der Waals surface area contributed by atoms with Crippen LogP contribution in [0.15, 0.2) is 36.7 Å². The van der Waals surface area contributed by atoms with Gasteiger partial charge in [0.05, 0.1) is 28.5 Å². The lowest BCUT2D eigenvalue weighted by atomic mass is 10.0. The van der Waals surface area contributed by atoms with Crippen molar-refractivity contribution in [2.45, 2.75) is 39.8 Å². The number of carbonyl (C=O) groups is 1. The Hall–Kier alpha value is -3.56. The first-order valence-electron chi connectivity index (χ1n) is 8.89. The van der Waals surface area contributed by atoms with Gasteiger partial charge in [-0.1, -0.05) is 12.1 Å². The summed E-state index contributed by atoms with van der Waals surface area (Å²) in [5.74, 6) is -0.723. The van der Waals surface area contributed by atoms with Crippen molar-refractivity contribution in [2.24, 2.45) is 0 Å². The summed E-state index contributed by atoms with van der Waals surface area (Å²) < 4.78 is 16.4. The third-order valence-corrected chi connectivity index (χ3v) is 4.75. The molecule has 1 amide bonds. The summed E-state index contributed by atoms with van der Waals surface area (Å²) in [4.78, 5) is 23.2. The van der Waals surface area contributed by atoms with Crippen LogP contribution in [0.5, 0.6) is 0 Å². The van der Waals surface area contributed by atoms with Crippen LogP contribution < -0.4 is 5.32 Å². The predicted octanol–water partition coefficient (Wildman–Crippen LogP) is 3.17. The molecular formula is C19H21FN6O3. The second kappa shape index (κ2) is 7.46. The third kappa shape index (κ3) is 4.00. The molecule has 152 valence electrons. The second-order valence-corrected chi connectivity index (χ2v) is 7.25. The van der Waals surface area contributed by atoms with Gasteiger partial charge in [-0.2, -0.15) is 10.2 Å². The molecule has 29 heavy (non-hydrogen) atoms. The molecular weight excluding hydrogens is 379 g/mol. The Morgan fingerprint density at radius 2 is 2.07 bits per heavy atom. The van der Waals surface area contributed by atoms with Gasteiger partial charge in [-0.25, -0.2) is 4.39 Å². The number of hydrogen-bond acceptors (Lipinski definition) is 5. The molecule has 0 aliphatic rings. The number of nitrogens with one attached hydrogen (secondary N) is 1. The lowest BCUT2D eigenvalue weighted by Gasteiger charge is -2.24. The number of amides is 1. The number of nitrogens with zero attached hydrogens (tertiary/aromatic N) is 5. The quantitative estimate of drug-likeness (QED) is 0.505. The maximum atomic E-state index is 13.4. The molecule has 0 aliphatic carbocycles. The van der Waals surface area contributed by atoms with Gasteiger partial charge < -0.3 is 5.32 Å². The third-order valence-electron chi connectivity index (χ3n) is 4.75. The van der Waals surface area contributed by atoms with Gasteiger partial charge in [-0.05, 0) is 45.4 Å². The summed E-state index contributed by atoms with van der Waals surface area (Å²) >= 11 is 0. The maximum absolute atomic E-state index is 13.4. The SMILES string of the molecule is Cc1nn(Cc2cccc(F)c2)c(C)c1NC(=O)C(C)(C)n1cc([N+](=O)[O-])cn1. The van der Waals surface area contributed by atoms with Gasteiger partial charge in [0.25, 0.3) is 5.91 Å². The minimum absolute atomic E-state index is 0.193. The van der Waals surface area contributed by atoms with Crippen molar-refractivity contribution in [2.75, 3.05) is 5.32 Å². The smallest absolute Gasteiger partial charge is 0.307 e. The largest absolute Gasteiger partial charge is 0.321 e. The van der Waals surface area contributed by atoms with E-state index in [1.807, 2.05) is 0 Å². The molecule has 10 heteroatoms. The number of hydrogen-bond donors (Lipinski definition) is 1. The zero-order valence-corrected chi connectivity index (χ0v) is 16.5. The van der Waals surface area contributed by atoms with Crippen LogP contribution in [-0.4, -0.2) is 30.4 Å². The van der Waals surface area contributed by atoms with Crippen molar-refractivity contribution in [1.29, 1.82) is 0 Å². The van der Waals surface area contributed by atoms with Crippen LogP contribution in [0, 0.1) is 29.8 Å². The first-order valence-corrected chi connectivity index (χ1v) is 8.89. The summed E-state index contributed by atoms with van der Waals surface area (Å²) in [7, 11) is 0. The van der Waals surface area contributed by atoms with Crippen LogP contribution in [0.25, 0.3) is 0 Å². The van der Waals surface area contributed by atoms with Crippen molar-refractivity contribution >= 4 is 17.3 Å². The van der Waals surface area contributed by atoms with Crippen molar-refractivity contribution in [3.63, 3.8) is 0 Å². The summed E-state index contributed by atoms with van der Waals surface area (Å²) in [6.45, 7) is 7.15. The van der Waals surface area contributed by atoms with E-state index in [2.05, 4.69) is 15.5 Å². The molecule has 9 nitrogen and oxygen atoms in total. The molecule has 0 spiro atoms. The molecule has 2 heterocycles. The summed E-state index contributed by atoms with van der Waals surface area (Å²) in [5, 5.41) is 22.1. The zero-order chi connectivity index (χ0) is 21.3. The molecule has 0 fully saturated rings. The lowest BCUT2D eigenvalue weighted by molar-refractivity contribution is -0.385. The molecule has 2 aromatic heterocycles. The van der Waals surface area contributed by atoms with E-state index in [-0.39, 0.29) is 11.5 Å². The predicted molar refractivity (Wildman–Crippen MR) is 104 cm³/mol. The average molecular weight is 400 g/mol. The van der Waals surface area contributed by atoms with Gasteiger partial charge in [0.1, 0.15) is 23.7 Å². The maximum Gasteiger partial charge on any atom is 0.307 e. The van der Waals surface area contributed by atoms with Gasteiger partial charge in [-0.15, -0.1) is 0 Å². The molecule has 0 atom stereocenters. The van der Waals surface area contributed by atoms with Crippen LogP contribution in [0.4, 0.5) is 15.8 Å². The zero-order valence-electron chi connectivity index (χ0n) is 16.5. The van der Waals surface area contributed by atoms with E-state index in [0.29, 0.717) is 23.6 Å². The van der Waals surface area contributed by atoms with Crippen LogP contribution in [0.1, 0.15) is 30.8 Å². The van der Waals surface area contributed by atoms with Gasteiger partial charge in [0.15, 0.2) is 0 Å². The first kappa shape index (κ1) is 20.2. The van der Waals surface area contributed by atoms with Gasteiger partial charge >= 0.3 is 5.69 Å².